The molecule has 0 unspecified atom stereocenters. The third-order valence-corrected chi connectivity index (χ3v) is 5.23. The van der Waals surface area contributed by atoms with Gasteiger partial charge in [0.25, 0.3) is 0 Å². The molecule has 4 nitrogen and oxygen atoms in total. The molecular weight excluding hydrogens is 323 g/mol. The Labute approximate surface area is 125 Å². The van der Waals surface area contributed by atoms with Crippen LogP contribution in [0.2, 0.25) is 4.34 Å². The molecule has 0 saturated heterocycles. The Bertz CT molecular complexity index is 744. The molecule has 0 aliphatic rings. The first-order chi connectivity index (χ1) is 9.29. The third-order valence-electron chi connectivity index (χ3n) is 2.60. The molecule has 108 valence electrons. The lowest BCUT2D eigenvalue weighted by Crippen LogP contribution is -2.24. The Kier molecular flexibility index (Phi) is 4.33. The average molecular weight is 335 g/mol. The summed E-state index contributed by atoms with van der Waals surface area (Å²) in [6, 6.07) is 5.86. The molecule has 3 N–H and O–H groups in total. The minimum absolute atomic E-state index is 0.0486. The predicted molar refractivity (Wildman–Crippen MR) is 78.9 cm³/mol. The second-order valence-electron chi connectivity index (χ2n) is 4.18. The highest BCUT2D eigenvalue weighted by molar-refractivity contribution is 7.89. The zero-order valence-electron chi connectivity index (χ0n) is 10.5. The van der Waals surface area contributed by atoms with Crippen molar-refractivity contribution in [3.05, 3.63) is 44.9 Å². The van der Waals surface area contributed by atoms with E-state index in [-0.39, 0.29) is 17.8 Å². The number of nitrogens with two attached hydrogens (primary N) is 1. The molecule has 1 heterocycles. The molecule has 8 heteroatoms. The van der Waals surface area contributed by atoms with Crippen LogP contribution in [0.25, 0.3) is 0 Å². The van der Waals surface area contributed by atoms with Gasteiger partial charge in [-0.3, -0.25) is 0 Å². The van der Waals surface area contributed by atoms with Crippen molar-refractivity contribution in [3.8, 4) is 0 Å². The van der Waals surface area contributed by atoms with Crippen LogP contribution in [0.15, 0.2) is 29.2 Å². The van der Waals surface area contributed by atoms with Gasteiger partial charge in [-0.05, 0) is 36.8 Å². The Balaban J connectivity index is 2.27. The summed E-state index contributed by atoms with van der Waals surface area (Å²) in [4.78, 5) is 0.289. The van der Waals surface area contributed by atoms with Gasteiger partial charge >= 0.3 is 0 Å². The SMILES string of the molecule is Cc1cc(N)cc(S(=O)(=O)NCc2ccc(Cl)s2)c1F. The highest BCUT2D eigenvalue weighted by Gasteiger charge is 2.21. The maximum absolute atomic E-state index is 13.9. The second-order valence-corrected chi connectivity index (χ2v) is 7.72. The summed E-state index contributed by atoms with van der Waals surface area (Å²) in [5.74, 6) is -0.795. The number of nitrogens with one attached hydrogen (secondary N) is 1. The Hall–Kier alpha value is -1.15. The van der Waals surface area contributed by atoms with E-state index in [4.69, 9.17) is 17.3 Å². The lowest BCUT2D eigenvalue weighted by atomic mass is 10.2. The molecule has 0 amide bonds. The number of halogens is 2. The van der Waals surface area contributed by atoms with Crippen molar-refractivity contribution >= 4 is 38.6 Å². The average Bonchev–Trinajstić information content (AvgIpc) is 2.77. The van der Waals surface area contributed by atoms with Crippen molar-refractivity contribution in [3.63, 3.8) is 0 Å². The molecule has 0 aliphatic carbocycles. The van der Waals surface area contributed by atoms with Gasteiger partial charge in [-0.15, -0.1) is 11.3 Å². The summed E-state index contributed by atoms with van der Waals surface area (Å²) >= 11 is 7.01. The number of benzene rings is 1. The van der Waals surface area contributed by atoms with E-state index in [0.717, 1.165) is 10.9 Å². The number of aryl methyl sites for hydroxylation is 1. The number of sulfonamides is 1. The molecule has 2 rings (SSSR count). The number of hydrogen-bond acceptors (Lipinski definition) is 4. The van der Waals surface area contributed by atoms with E-state index in [1.54, 1.807) is 12.1 Å². The fourth-order valence-electron chi connectivity index (χ4n) is 1.65. The Morgan fingerprint density at radius 2 is 2.10 bits per heavy atom. The van der Waals surface area contributed by atoms with Crippen LogP contribution >= 0.6 is 22.9 Å². The second kappa shape index (κ2) is 5.69. The summed E-state index contributed by atoms with van der Waals surface area (Å²) in [5, 5.41) is 0. The molecule has 0 spiro atoms. The van der Waals surface area contributed by atoms with E-state index in [1.165, 1.54) is 24.3 Å². The predicted octanol–water partition coefficient (Wildman–Crippen LogP) is 2.91. The smallest absolute Gasteiger partial charge is 0.243 e. The van der Waals surface area contributed by atoms with Crippen LogP contribution in [0, 0.1) is 12.7 Å². The minimum atomic E-state index is -3.97. The quantitative estimate of drug-likeness (QED) is 0.844. The van der Waals surface area contributed by atoms with Crippen LogP contribution in [-0.2, 0) is 16.6 Å². The molecule has 0 saturated carbocycles. The standard InChI is InChI=1S/C12H12ClFN2O2S2/c1-7-4-8(15)5-10(12(7)14)20(17,18)16-6-9-2-3-11(13)19-9/h2-5,16H,6,15H2,1H3. The molecule has 1 aromatic heterocycles. The van der Waals surface area contributed by atoms with Crippen LogP contribution in [0.4, 0.5) is 10.1 Å². The monoisotopic (exact) mass is 334 g/mol. The first-order valence-electron chi connectivity index (χ1n) is 5.59. The van der Waals surface area contributed by atoms with Gasteiger partial charge in [0.15, 0.2) is 0 Å². The van der Waals surface area contributed by atoms with Crippen molar-refractivity contribution in [1.82, 2.24) is 4.72 Å². The minimum Gasteiger partial charge on any atom is -0.399 e. The number of nitrogen functional groups attached to an aromatic ring is 1. The van der Waals surface area contributed by atoms with Gasteiger partial charge in [-0.2, -0.15) is 0 Å². The van der Waals surface area contributed by atoms with E-state index in [1.807, 2.05) is 0 Å². The van der Waals surface area contributed by atoms with E-state index >= 15 is 0 Å². The van der Waals surface area contributed by atoms with Crippen LogP contribution < -0.4 is 10.5 Å². The van der Waals surface area contributed by atoms with Crippen LogP contribution in [0.5, 0.6) is 0 Å². The fraction of sp³-hybridized carbons (Fsp3) is 0.167. The van der Waals surface area contributed by atoms with Crippen molar-refractivity contribution in [1.29, 1.82) is 0 Å². The number of anilines is 1. The lowest BCUT2D eigenvalue weighted by molar-refractivity contribution is 0.553. The van der Waals surface area contributed by atoms with Gasteiger partial charge in [-0.25, -0.2) is 17.5 Å². The molecular formula is C12H12ClFN2O2S2. The molecule has 0 bridgehead atoms. The summed E-state index contributed by atoms with van der Waals surface area (Å²) in [6.07, 6.45) is 0. The van der Waals surface area contributed by atoms with Gasteiger partial charge in [0.1, 0.15) is 10.7 Å². The maximum Gasteiger partial charge on any atom is 0.243 e. The zero-order valence-corrected chi connectivity index (χ0v) is 12.9. The van der Waals surface area contributed by atoms with Crippen molar-refractivity contribution in [2.45, 2.75) is 18.4 Å². The molecule has 0 fully saturated rings. The summed E-state index contributed by atoms with van der Waals surface area (Å²) in [7, 11) is -3.97. The Morgan fingerprint density at radius 1 is 1.40 bits per heavy atom. The number of thiophene rings is 1. The van der Waals surface area contributed by atoms with Crippen LogP contribution in [0.1, 0.15) is 10.4 Å². The fourth-order valence-corrected chi connectivity index (χ4v) is 3.96. The largest absolute Gasteiger partial charge is 0.399 e. The maximum atomic E-state index is 13.9. The van der Waals surface area contributed by atoms with Gasteiger partial charge in [0.2, 0.25) is 10.0 Å². The first-order valence-corrected chi connectivity index (χ1v) is 8.27. The molecule has 2 aromatic rings. The van der Waals surface area contributed by atoms with E-state index in [2.05, 4.69) is 4.72 Å². The lowest BCUT2D eigenvalue weighted by Gasteiger charge is -2.09. The van der Waals surface area contributed by atoms with Gasteiger partial charge in [0.05, 0.1) is 4.34 Å². The highest BCUT2D eigenvalue weighted by Crippen LogP contribution is 2.24. The molecule has 1 aromatic carbocycles. The number of hydrogen-bond donors (Lipinski definition) is 2. The van der Waals surface area contributed by atoms with E-state index in [0.29, 0.717) is 4.34 Å². The zero-order chi connectivity index (χ0) is 14.9. The summed E-state index contributed by atoms with van der Waals surface area (Å²) < 4.78 is 41.0. The van der Waals surface area contributed by atoms with Gasteiger partial charge in [-0.1, -0.05) is 11.6 Å². The molecule has 20 heavy (non-hydrogen) atoms. The van der Waals surface area contributed by atoms with E-state index in [9.17, 15) is 12.8 Å². The Morgan fingerprint density at radius 3 is 2.70 bits per heavy atom. The first kappa shape index (κ1) is 15.2. The van der Waals surface area contributed by atoms with Gasteiger partial charge < -0.3 is 5.73 Å². The van der Waals surface area contributed by atoms with Crippen LogP contribution in [-0.4, -0.2) is 8.42 Å². The topological polar surface area (TPSA) is 72.2 Å². The normalized spacial score (nSPS) is 11.8. The van der Waals surface area contributed by atoms with Crippen LogP contribution in [0.3, 0.4) is 0 Å². The van der Waals surface area contributed by atoms with Crippen molar-refractivity contribution in [2.75, 3.05) is 5.73 Å². The summed E-state index contributed by atoms with van der Waals surface area (Å²) in [5.41, 5.74) is 5.94. The van der Waals surface area contributed by atoms with E-state index < -0.39 is 20.7 Å². The third kappa shape index (κ3) is 3.29. The number of rotatable bonds is 4. The van der Waals surface area contributed by atoms with Crippen molar-refractivity contribution in [2.24, 2.45) is 0 Å². The van der Waals surface area contributed by atoms with Crippen molar-refractivity contribution < 1.29 is 12.8 Å². The highest BCUT2D eigenvalue weighted by atomic mass is 35.5. The molecule has 0 atom stereocenters. The molecule has 0 radical (unpaired) electrons. The molecule has 0 aliphatic heterocycles. The summed E-state index contributed by atoms with van der Waals surface area (Å²) in [6.45, 7) is 1.51. The van der Waals surface area contributed by atoms with Gasteiger partial charge in [0, 0.05) is 17.1 Å².